The summed E-state index contributed by atoms with van der Waals surface area (Å²) in [6, 6.07) is 6.83. The summed E-state index contributed by atoms with van der Waals surface area (Å²) in [6.07, 6.45) is 9.16. The molecule has 1 fully saturated rings. The molecule has 1 saturated carbocycles. The molecule has 164 valence electrons. The van der Waals surface area contributed by atoms with Gasteiger partial charge in [-0.15, -0.1) is 0 Å². The molecule has 0 radical (unpaired) electrons. The van der Waals surface area contributed by atoms with E-state index < -0.39 is 0 Å². The molecule has 6 nitrogen and oxygen atoms in total. The lowest BCUT2D eigenvalue weighted by Gasteiger charge is -2.39. The fourth-order valence-corrected chi connectivity index (χ4v) is 4.69. The summed E-state index contributed by atoms with van der Waals surface area (Å²) >= 11 is 0. The van der Waals surface area contributed by atoms with Crippen LogP contribution in [0.15, 0.2) is 36.8 Å². The highest BCUT2D eigenvalue weighted by Crippen LogP contribution is 2.39. The van der Waals surface area contributed by atoms with E-state index in [2.05, 4.69) is 69.8 Å². The van der Waals surface area contributed by atoms with E-state index in [0.29, 0.717) is 30.4 Å². The van der Waals surface area contributed by atoms with Gasteiger partial charge in [0.1, 0.15) is 23.7 Å². The lowest BCUT2D eigenvalue weighted by Crippen LogP contribution is -2.36. The SMILES string of the molecule is C=C1c2c(C)cccc2C=C(CNc2ncnc(N)c2C(=N)C#CCC)N1C1CCCC1. The van der Waals surface area contributed by atoms with Gasteiger partial charge < -0.3 is 16.0 Å². The molecule has 4 N–H and O–H groups in total. The molecule has 2 aromatic rings. The van der Waals surface area contributed by atoms with Crippen molar-refractivity contribution < 1.29 is 0 Å². The maximum Gasteiger partial charge on any atom is 0.142 e. The Balaban J connectivity index is 1.68. The van der Waals surface area contributed by atoms with E-state index in [0.717, 1.165) is 11.4 Å². The average molecular weight is 427 g/mol. The molecule has 0 spiro atoms. The maximum atomic E-state index is 8.35. The predicted molar refractivity (Wildman–Crippen MR) is 132 cm³/mol. The Kier molecular flexibility index (Phi) is 6.27. The second-order valence-corrected chi connectivity index (χ2v) is 8.30. The first-order valence-corrected chi connectivity index (χ1v) is 11.2. The third kappa shape index (κ3) is 4.11. The molecule has 1 aliphatic heterocycles. The molecule has 0 bridgehead atoms. The van der Waals surface area contributed by atoms with Crippen molar-refractivity contribution in [3.05, 3.63) is 59.1 Å². The lowest BCUT2D eigenvalue weighted by atomic mass is 9.93. The van der Waals surface area contributed by atoms with Crippen LogP contribution in [-0.2, 0) is 0 Å². The normalized spacial score (nSPS) is 15.6. The van der Waals surface area contributed by atoms with E-state index in [4.69, 9.17) is 11.1 Å². The number of benzene rings is 1. The Morgan fingerprint density at radius 3 is 2.84 bits per heavy atom. The Morgan fingerprint density at radius 1 is 1.31 bits per heavy atom. The molecule has 2 heterocycles. The number of fused-ring (bicyclic) bond motifs is 1. The predicted octanol–water partition coefficient (Wildman–Crippen LogP) is 4.83. The molecular formula is C26H30N6. The molecule has 0 atom stereocenters. The summed E-state index contributed by atoms with van der Waals surface area (Å²) in [5.74, 6) is 6.56. The first-order valence-electron chi connectivity index (χ1n) is 11.2. The maximum absolute atomic E-state index is 8.35. The van der Waals surface area contributed by atoms with E-state index in [1.807, 2.05) is 6.92 Å². The number of hydrogen-bond acceptors (Lipinski definition) is 6. The van der Waals surface area contributed by atoms with Gasteiger partial charge in [-0.2, -0.15) is 0 Å². The van der Waals surface area contributed by atoms with Crippen molar-refractivity contribution in [3.8, 4) is 11.8 Å². The van der Waals surface area contributed by atoms with Gasteiger partial charge >= 0.3 is 0 Å². The van der Waals surface area contributed by atoms with Crippen molar-refractivity contribution in [2.24, 2.45) is 0 Å². The Bertz CT molecular complexity index is 1140. The summed E-state index contributed by atoms with van der Waals surface area (Å²) in [5.41, 5.74) is 12.5. The minimum atomic E-state index is 0.128. The topological polar surface area (TPSA) is 90.9 Å². The van der Waals surface area contributed by atoms with Crippen molar-refractivity contribution in [2.75, 3.05) is 17.6 Å². The van der Waals surface area contributed by atoms with Gasteiger partial charge in [0.2, 0.25) is 0 Å². The van der Waals surface area contributed by atoms with Crippen molar-refractivity contribution >= 4 is 29.1 Å². The lowest BCUT2D eigenvalue weighted by molar-refractivity contribution is 0.360. The third-order valence-corrected chi connectivity index (χ3v) is 6.16. The summed E-state index contributed by atoms with van der Waals surface area (Å²) in [5, 5.41) is 11.8. The van der Waals surface area contributed by atoms with E-state index in [9.17, 15) is 0 Å². The minimum absolute atomic E-state index is 0.128. The zero-order valence-corrected chi connectivity index (χ0v) is 18.8. The van der Waals surface area contributed by atoms with Crippen LogP contribution in [0.3, 0.4) is 0 Å². The number of aromatic nitrogens is 2. The second kappa shape index (κ2) is 9.27. The van der Waals surface area contributed by atoms with Crippen LogP contribution in [0.1, 0.15) is 61.3 Å². The molecule has 1 aromatic carbocycles. The van der Waals surface area contributed by atoms with Gasteiger partial charge in [-0.05, 0) is 42.9 Å². The number of anilines is 2. The van der Waals surface area contributed by atoms with Crippen LogP contribution in [0.4, 0.5) is 11.6 Å². The highest BCUT2D eigenvalue weighted by Gasteiger charge is 2.31. The minimum Gasteiger partial charge on any atom is -0.383 e. The van der Waals surface area contributed by atoms with Crippen molar-refractivity contribution in [3.63, 3.8) is 0 Å². The monoisotopic (exact) mass is 426 g/mol. The van der Waals surface area contributed by atoms with Crippen molar-refractivity contribution in [2.45, 2.75) is 52.0 Å². The molecule has 0 unspecified atom stereocenters. The fourth-order valence-electron chi connectivity index (χ4n) is 4.69. The molecule has 4 rings (SSSR count). The molecule has 2 aliphatic rings. The zero-order valence-electron chi connectivity index (χ0n) is 18.8. The molecule has 0 saturated heterocycles. The van der Waals surface area contributed by atoms with Crippen molar-refractivity contribution in [1.29, 1.82) is 5.41 Å². The van der Waals surface area contributed by atoms with Crippen LogP contribution >= 0.6 is 0 Å². The summed E-state index contributed by atoms with van der Waals surface area (Å²) in [4.78, 5) is 10.9. The molecule has 6 heteroatoms. The zero-order chi connectivity index (χ0) is 22.7. The summed E-state index contributed by atoms with van der Waals surface area (Å²) in [7, 11) is 0. The van der Waals surface area contributed by atoms with Crippen LogP contribution in [0, 0.1) is 24.2 Å². The van der Waals surface area contributed by atoms with Gasteiger partial charge in [-0.25, -0.2) is 9.97 Å². The molecular weight excluding hydrogens is 396 g/mol. The smallest absolute Gasteiger partial charge is 0.142 e. The Labute approximate surface area is 190 Å². The van der Waals surface area contributed by atoms with E-state index in [-0.39, 0.29) is 11.5 Å². The van der Waals surface area contributed by atoms with Crippen LogP contribution < -0.4 is 11.1 Å². The third-order valence-electron chi connectivity index (χ3n) is 6.16. The fraction of sp³-hybridized carbons (Fsp3) is 0.346. The molecule has 1 aromatic heterocycles. The van der Waals surface area contributed by atoms with Crippen LogP contribution in [0.25, 0.3) is 11.8 Å². The van der Waals surface area contributed by atoms with Crippen LogP contribution in [0.2, 0.25) is 0 Å². The quantitative estimate of drug-likeness (QED) is 0.470. The van der Waals surface area contributed by atoms with Gasteiger partial charge in [0.05, 0.1) is 12.1 Å². The molecule has 1 aliphatic carbocycles. The second-order valence-electron chi connectivity index (χ2n) is 8.30. The number of nitrogens with one attached hydrogen (secondary N) is 2. The Morgan fingerprint density at radius 2 is 2.09 bits per heavy atom. The van der Waals surface area contributed by atoms with Gasteiger partial charge in [0.15, 0.2) is 0 Å². The van der Waals surface area contributed by atoms with Crippen LogP contribution in [0.5, 0.6) is 0 Å². The van der Waals surface area contributed by atoms with E-state index in [1.165, 1.54) is 48.7 Å². The standard InChI is InChI=1S/C26H30N6/c1-4-5-13-22(27)24-25(28)30-16-31-26(24)29-15-21-14-19-10-8-9-17(2)23(19)18(3)32(21)20-11-6-7-12-20/h8-10,14,16,20,27H,3-4,6-7,11-12,15H2,1-2H3,(H3,28,29,30,31). The molecule has 0 amide bonds. The average Bonchev–Trinajstić information content (AvgIpc) is 3.30. The number of nitrogens with two attached hydrogens (primary N) is 1. The number of nitrogens with zero attached hydrogens (tertiary/aromatic N) is 3. The number of aryl methyl sites for hydroxylation is 1. The summed E-state index contributed by atoms with van der Waals surface area (Å²) < 4.78 is 0. The highest BCUT2D eigenvalue weighted by molar-refractivity contribution is 6.16. The van der Waals surface area contributed by atoms with E-state index >= 15 is 0 Å². The summed E-state index contributed by atoms with van der Waals surface area (Å²) in [6.45, 7) is 9.14. The first kappa shape index (κ1) is 21.6. The Hall–Kier alpha value is -3.59. The number of nitrogen functional groups attached to an aromatic ring is 1. The van der Waals surface area contributed by atoms with E-state index in [1.54, 1.807) is 0 Å². The van der Waals surface area contributed by atoms with Crippen LogP contribution in [-0.4, -0.2) is 33.2 Å². The number of hydrogen-bond donors (Lipinski definition) is 3. The van der Waals surface area contributed by atoms with Gasteiger partial charge in [0.25, 0.3) is 0 Å². The van der Waals surface area contributed by atoms with Gasteiger partial charge in [-0.1, -0.05) is 50.5 Å². The van der Waals surface area contributed by atoms with Gasteiger partial charge in [-0.3, -0.25) is 5.41 Å². The van der Waals surface area contributed by atoms with Crippen molar-refractivity contribution in [1.82, 2.24) is 14.9 Å². The molecule has 32 heavy (non-hydrogen) atoms. The first-order chi connectivity index (χ1) is 15.5. The van der Waals surface area contributed by atoms with Gasteiger partial charge in [0, 0.05) is 29.4 Å². The highest BCUT2D eigenvalue weighted by atomic mass is 15.2. The largest absolute Gasteiger partial charge is 0.383 e. The number of rotatable bonds is 5.